The second kappa shape index (κ2) is 10.3. The van der Waals surface area contributed by atoms with Crippen LogP contribution in [-0.4, -0.2) is 28.8 Å². The van der Waals surface area contributed by atoms with Crippen molar-refractivity contribution >= 4 is 29.1 Å². The van der Waals surface area contributed by atoms with Gasteiger partial charge < -0.3 is 14.0 Å². The van der Waals surface area contributed by atoms with Gasteiger partial charge in [-0.05, 0) is 56.2 Å². The fourth-order valence-electron chi connectivity index (χ4n) is 4.74. The molecule has 0 amide bonds. The van der Waals surface area contributed by atoms with E-state index in [1.807, 2.05) is 81.6 Å². The molecule has 2 aromatic carbocycles. The van der Waals surface area contributed by atoms with E-state index in [0.717, 1.165) is 28.1 Å². The Hall–Kier alpha value is -4.17. The second-order valence-electron chi connectivity index (χ2n) is 9.09. The van der Waals surface area contributed by atoms with Crippen molar-refractivity contribution in [3.05, 3.63) is 114 Å². The summed E-state index contributed by atoms with van der Waals surface area (Å²) in [5.41, 5.74) is 5.25. The number of methoxy groups -OCH3 is 1. The number of fused-ring (bicyclic) bond motifs is 1. The lowest BCUT2D eigenvalue weighted by Gasteiger charge is -2.26. The van der Waals surface area contributed by atoms with E-state index in [4.69, 9.17) is 14.5 Å². The lowest BCUT2D eigenvalue weighted by Crippen LogP contribution is -2.40. The molecule has 0 N–H and O–H groups in total. The van der Waals surface area contributed by atoms with Crippen LogP contribution in [0.2, 0.25) is 0 Å². The maximum Gasteiger partial charge on any atom is 0.338 e. The Morgan fingerprint density at radius 1 is 1.11 bits per heavy atom. The summed E-state index contributed by atoms with van der Waals surface area (Å²) in [7, 11) is 3.59. The van der Waals surface area contributed by atoms with Crippen LogP contribution in [0.5, 0.6) is 5.75 Å². The molecule has 3 heterocycles. The van der Waals surface area contributed by atoms with Crippen molar-refractivity contribution in [2.24, 2.45) is 12.0 Å². The first-order valence-electron chi connectivity index (χ1n) is 12.4. The summed E-state index contributed by atoms with van der Waals surface area (Å²) in [6.07, 6.45) is 1.91. The van der Waals surface area contributed by atoms with Crippen LogP contribution in [0, 0.1) is 13.8 Å². The Morgan fingerprint density at radius 2 is 1.87 bits per heavy atom. The lowest BCUT2D eigenvalue weighted by molar-refractivity contribution is -0.138. The highest BCUT2D eigenvalue weighted by molar-refractivity contribution is 7.07. The Bertz CT molecular complexity index is 1740. The van der Waals surface area contributed by atoms with Gasteiger partial charge in [-0.15, -0.1) is 0 Å². The highest BCUT2D eigenvalue weighted by atomic mass is 32.1. The molecule has 0 unspecified atom stereocenters. The molecule has 0 saturated carbocycles. The topological polar surface area (TPSA) is 74.8 Å². The molecule has 0 bridgehead atoms. The van der Waals surface area contributed by atoms with Gasteiger partial charge in [0.2, 0.25) is 0 Å². The maximum absolute atomic E-state index is 14.0. The van der Waals surface area contributed by atoms with E-state index in [1.54, 1.807) is 18.6 Å². The Kier molecular flexibility index (Phi) is 6.91. The minimum Gasteiger partial charge on any atom is -0.497 e. The van der Waals surface area contributed by atoms with E-state index in [0.29, 0.717) is 26.4 Å². The van der Waals surface area contributed by atoms with Crippen LogP contribution < -0.4 is 19.6 Å². The maximum atomic E-state index is 14.0. The summed E-state index contributed by atoms with van der Waals surface area (Å²) >= 11 is 1.32. The molecule has 0 radical (unpaired) electrons. The van der Waals surface area contributed by atoms with E-state index < -0.39 is 12.0 Å². The van der Waals surface area contributed by atoms with Gasteiger partial charge in [0.05, 0.1) is 35.6 Å². The molecule has 2 aromatic heterocycles. The molecule has 8 heteroatoms. The fourth-order valence-corrected chi connectivity index (χ4v) is 5.73. The van der Waals surface area contributed by atoms with Crippen LogP contribution in [-0.2, 0) is 16.6 Å². The number of thiazole rings is 1. The lowest BCUT2D eigenvalue weighted by atomic mass is 9.93. The smallest absolute Gasteiger partial charge is 0.338 e. The number of carbonyl (C=O) groups excluding carboxylic acids is 1. The third kappa shape index (κ3) is 4.41. The van der Waals surface area contributed by atoms with Crippen molar-refractivity contribution in [3.63, 3.8) is 0 Å². The normalized spacial score (nSPS) is 15.3. The van der Waals surface area contributed by atoms with Gasteiger partial charge in [0.15, 0.2) is 4.80 Å². The van der Waals surface area contributed by atoms with E-state index in [9.17, 15) is 9.59 Å². The van der Waals surface area contributed by atoms with Gasteiger partial charge in [0, 0.05) is 24.0 Å². The molecule has 1 aliphatic heterocycles. The van der Waals surface area contributed by atoms with Gasteiger partial charge in [0.1, 0.15) is 5.75 Å². The largest absolute Gasteiger partial charge is 0.497 e. The number of ether oxygens (including phenoxy) is 2. The van der Waals surface area contributed by atoms with Crippen LogP contribution in [0.15, 0.2) is 76.0 Å². The average Bonchev–Trinajstić information content (AvgIpc) is 3.37. The number of esters is 1. The summed E-state index contributed by atoms with van der Waals surface area (Å²) < 4.78 is 15.2. The second-order valence-corrected chi connectivity index (χ2v) is 10.1. The average molecular weight is 528 g/mol. The number of aryl methyl sites for hydroxylation is 1. The minimum atomic E-state index is -0.739. The first kappa shape index (κ1) is 25.5. The standard InChI is InChI=1S/C30H29N3O4S/c1-6-37-29(35)25-26(20-11-8-7-9-12-20)31-30-33(27(25)21-13-10-14-23(16-21)36-5)28(34)24(38-30)17-22-15-18(2)32(4)19(22)3/h7-17,27H,6H2,1-5H3/b24-17+/t27-/m0/s1. The number of carbonyl (C=O) groups is 1. The highest BCUT2D eigenvalue weighted by Crippen LogP contribution is 2.36. The van der Waals surface area contributed by atoms with Gasteiger partial charge in [0.25, 0.3) is 5.56 Å². The SMILES string of the molecule is CCOC(=O)C1=C(c2ccccc2)N=c2s/c(=C/c3cc(C)n(C)c3C)c(=O)n2[C@H]1c1cccc(OC)c1. The van der Waals surface area contributed by atoms with Crippen molar-refractivity contribution in [1.82, 2.24) is 9.13 Å². The van der Waals surface area contributed by atoms with Crippen molar-refractivity contribution in [1.29, 1.82) is 0 Å². The Labute approximate surface area is 224 Å². The molecule has 0 aliphatic carbocycles. The molecule has 194 valence electrons. The molecule has 1 aliphatic rings. The van der Waals surface area contributed by atoms with Gasteiger partial charge in [-0.1, -0.05) is 53.8 Å². The van der Waals surface area contributed by atoms with Gasteiger partial charge in [-0.2, -0.15) is 0 Å². The summed E-state index contributed by atoms with van der Waals surface area (Å²) in [5.74, 6) is 0.119. The fraction of sp³-hybridized carbons (Fsp3) is 0.233. The molecular weight excluding hydrogens is 498 g/mol. The van der Waals surface area contributed by atoms with Gasteiger partial charge in [-0.25, -0.2) is 9.79 Å². The number of hydrogen-bond acceptors (Lipinski definition) is 6. The molecule has 38 heavy (non-hydrogen) atoms. The summed E-state index contributed by atoms with van der Waals surface area (Å²) in [6, 6.07) is 18.3. The predicted molar refractivity (Wildman–Crippen MR) is 149 cm³/mol. The summed E-state index contributed by atoms with van der Waals surface area (Å²) in [6.45, 7) is 6.03. The number of hydrogen-bond donors (Lipinski definition) is 0. The van der Waals surface area contributed by atoms with Gasteiger partial charge in [-0.3, -0.25) is 9.36 Å². The zero-order valence-corrected chi connectivity index (χ0v) is 22.8. The molecule has 4 aromatic rings. The van der Waals surface area contributed by atoms with Crippen LogP contribution in [0.1, 0.15) is 41.0 Å². The van der Waals surface area contributed by atoms with E-state index in [-0.39, 0.29) is 12.2 Å². The molecule has 1 atom stereocenters. The Morgan fingerprint density at radius 3 is 2.53 bits per heavy atom. The van der Waals surface area contributed by atoms with E-state index in [1.165, 1.54) is 11.3 Å². The number of nitrogens with zero attached hydrogens (tertiary/aromatic N) is 3. The zero-order valence-electron chi connectivity index (χ0n) is 22.0. The van der Waals surface area contributed by atoms with Crippen molar-refractivity contribution in [2.75, 3.05) is 13.7 Å². The number of aromatic nitrogens is 2. The Balaban J connectivity index is 1.85. The van der Waals surface area contributed by atoms with Crippen LogP contribution in [0.4, 0.5) is 0 Å². The van der Waals surface area contributed by atoms with Gasteiger partial charge >= 0.3 is 5.97 Å². The van der Waals surface area contributed by atoms with Crippen molar-refractivity contribution in [2.45, 2.75) is 26.8 Å². The van der Waals surface area contributed by atoms with E-state index in [2.05, 4.69) is 10.6 Å². The monoisotopic (exact) mass is 527 g/mol. The van der Waals surface area contributed by atoms with Crippen molar-refractivity contribution in [3.8, 4) is 5.75 Å². The third-order valence-electron chi connectivity index (χ3n) is 6.88. The van der Waals surface area contributed by atoms with Crippen LogP contribution in [0.25, 0.3) is 11.8 Å². The molecule has 7 nitrogen and oxygen atoms in total. The zero-order chi connectivity index (χ0) is 27.0. The summed E-state index contributed by atoms with van der Waals surface area (Å²) in [4.78, 5) is 32.9. The number of rotatable bonds is 6. The molecular formula is C30H29N3O4S. The molecule has 0 fully saturated rings. The molecule has 0 spiro atoms. The third-order valence-corrected chi connectivity index (χ3v) is 7.87. The molecule has 0 saturated heterocycles. The molecule has 5 rings (SSSR count). The van der Waals surface area contributed by atoms with Crippen LogP contribution >= 0.6 is 11.3 Å². The highest BCUT2D eigenvalue weighted by Gasteiger charge is 2.35. The minimum absolute atomic E-state index is 0.201. The number of benzene rings is 2. The summed E-state index contributed by atoms with van der Waals surface area (Å²) in [5, 5.41) is 0. The first-order valence-corrected chi connectivity index (χ1v) is 13.2. The quantitative estimate of drug-likeness (QED) is 0.357. The van der Waals surface area contributed by atoms with E-state index >= 15 is 0 Å². The predicted octanol–water partition coefficient (Wildman–Crippen LogP) is 3.90. The van der Waals surface area contributed by atoms with Crippen LogP contribution in [0.3, 0.4) is 0 Å². The van der Waals surface area contributed by atoms with Crippen molar-refractivity contribution < 1.29 is 14.3 Å². The first-order chi connectivity index (χ1) is 18.3.